The van der Waals surface area contributed by atoms with E-state index in [1.165, 1.54) is 42.3 Å². The fraction of sp³-hybridized carbons (Fsp3) is 0.257. The molecule has 12 heteroatoms. The van der Waals surface area contributed by atoms with Gasteiger partial charge in [0.25, 0.3) is 10.0 Å². The molecule has 0 aliphatic carbocycles. The number of amides is 2. The summed E-state index contributed by atoms with van der Waals surface area (Å²) < 4.78 is 34.6. The summed E-state index contributed by atoms with van der Waals surface area (Å²) in [4.78, 5) is 30.0. The molecule has 0 heterocycles. The number of anilines is 1. The van der Waals surface area contributed by atoms with Gasteiger partial charge in [0.15, 0.2) is 0 Å². The quantitative estimate of drug-likeness (QED) is 0.165. The van der Waals surface area contributed by atoms with Crippen molar-refractivity contribution in [3.05, 3.63) is 123 Å². The molecule has 8 nitrogen and oxygen atoms in total. The Morgan fingerprint density at radius 1 is 0.830 bits per heavy atom. The number of nitrogens with zero attached hydrogens (tertiary/aromatic N) is 2. The summed E-state index contributed by atoms with van der Waals surface area (Å²) in [5.41, 5.74) is 0.698. The summed E-state index contributed by atoms with van der Waals surface area (Å²) >= 11 is 19.6. The molecule has 0 aliphatic heterocycles. The van der Waals surface area contributed by atoms with Gasteiger partial charge in [-0.1, -0.05) is 89.4 Å². The number of benzene rings is 4. The maximum atomic E-state index is 14.6. The molecule has 0 saturated carbocycles. The van der Waals surface area contributed by atoms with Gasteiger partial charge in [-0.05, 0) is 68.8 Å². The van der Waals surface area contributed by atoms with Crippen molar-refractivity contribution in [2.75, 3.05) is 18.0 Å². The lowest BCUT2D eigenvalue weighted by atomic mass is 10.0. The molecule has 1 N–H and O–H groups in total. The molecule has 0 saturated heterocycles. The first-order chi connectivity index (χ1) is 22.2. The van der Waals surface area contributed by atoms with Crippen LogP contribution in [0.1, 0.15) is 31.9 Å². The highest BCUT2D eigenvalue weighted by molar-refractivity contribution is 7.92. The number of sulfonamides is 1. The van der Waals surface area contributed by atoms with Crippen molar-refractivity contribution in [3.63, 3.8) is 0 Å². The molecule has 0 aliphatic rings. The van der Waals surface area contributed by atoms with Gasteiger partial charge in [-0.15, -0.1) is 0 Å². The predicted molar refractivity (Wildman–Crippen MR) is 188 cm³/mol. The fourth-order valence-electron chi connectivity index (χ4n) is 4.92. The molecule has 4 rings (SSSR count). The lowest BCUT2D eigenvalue weighted by Gasteiger charge is -2.35. The predicted octanol–water partition coefficient (Wildman–Crippen LogP) is 7.41. The first-order valence-corrected chi connectivity index (χ1v) is 17.3. The van der Waals surface area contributed by atoms with E-state index in [1.54, 1.807) is 36.4 Å². The fourth-order valence-corrected chi connectivity index (χ4v) is 7.12. The molecule has 0 spiro atoms. The van der Waals surface area contributed by atoms with Gasteiger partial charge in [0.2, 0.25) is 11.8 Å². The highest BCUT2D eigenvalue weighted by Gasteiger charge is 2.36. The minimum atomic E-state index is -4.31. The van der Waals surface area contributed by atoms with Gasteiger partial charge in [-0.2, -0.15) is 0 Å². The summed E-state index contributed by atoms with van der Waals surface area (Å²) in [5.74, 6) is -0.768. The third kappa shape index (κ3) is 9.20. The normalized spacial score (nSPS) is 12.2. The van der Waals surface area contributed by atoms with E-state index in [0.29, 0.717) is 21.4 Å². The maximum Gasteiger partial charge on any atom is 0.264 e. The third-order valence-electron chi connectivity index (χ3n) is 7.19. The minimum Gasteiger partial charge on any atom is -0.495 e. The first kappa shape index (κ1) is 36.1. The summed E-state index contributed by atoms with van der Waals surface area (Å²) in [5, 5.41) is 3.72. The number of ether oxygens (including phenoxy) is 1. The van der Waals surface area contributed by atoms with Crippen LogP contribution < -0.4 is 14.4 Å². The Morgan fingerprint density at radius 3 is 1.98 bits per heavy atom. The summed E-state index contributed by atoms with van der Waals surface area (Å²) in [7, 11) is -2.87. The van der Waals surface area contributed by atoms with Crippen molar-refractivity contribution < 1.29 is 22.7 Å². The van der Waals surface area contributed by atoms with E-state index < -0.39 is 40.0 Å². The number of halogens is 3. The van der Waals surface area contributed by atoms with Crippen LogP contribution in [-0.4, -0.2) is 50.4 Å². The second-order valence-corrected chi connectivity index (χ2v) is 14.9. The molecule has 0 aromatic heterocycles. The number of carbonyl (C=O) groups excluding carboxylic acids is 2. The Hall–Kier alpha value is -3.76. The van der Waals surface area contributed by atoms with Crippen molar-refractivity contribution in [1.29, 1.82) is 0 Å². The molecule has 0 fully saturated rings. The topological polar surface area (TPSA) is 96.0 Å². The van der Waals surface area contributed by atoms with Gasteiger partial charge in [0.1, 0.15) is 18.3 Å². The van der Waals surface area contributed by atoms with Gasteiger partial charge in [0, 0.05) is 34.1 Å². The van der Waals surface area contributed by atoms with Crippen molar-refractivity contribution in [2.24, 2.45) is 0 Å². The monoisotopic (exact) mass is 715 g/mol. The Bertz CT molecular complexity index is 1800. The zero-order valence-corrected chi connectivity index (χ0v) is 29.5. The molecule has 2 amide bonds. The molecular formula is C35H36Cl3N3O5S. The minimum absolute atomic E-state index is 0.0354. The van der Waals surface area contributed by atoms with E-state index >= 15 is 0 Å². The second kappa shape index (κ2) is 15.4. The van der Waals surface area contributed by atoms with Crippen molar-refractivity contribution in [1.82, 2.24) is 10.2 Å². The van der Waals surface area contributed by atoms with E-state index in [1.807, 2.05) is 51.1 Å². The number of rotatable bonds is 12. The molecular weight excluding hydrogens is 681 g/mol. The lowest BCUT2D eigenvalue weighted by Crippen LogP contribution is -2.56. The van der Waals surface area contributed by atoms with Gasteiger partial charge < -0.3 is 15.0 Å². The van der Waals surface area contributed by atoms with Crippen molar-refractivity contribution >= 4 is 62.3 Å². The van der Waals surface area contributed by atoms with E-state index in [4.69, 9.17) is 39.5 Å². The zero-order valence-electron chi connectivity index (χ0n) is 26.4. The van der Waals surface area contributed by atoms with Crippen LogP contribution in [0.25, 0.3) is 0 Å². The van der Waals surface area contributed by atoms with E-state index in [9.17, 15) is 18.0 Å². The molecule has 4 aromatic rings. The van der Waals surface area contributed by atoms with Crippen LogP contribution in [0.15, 0.2) is 102 Å². The van der Waals surface area contributed by atoms with Crippen LogP contribution >= 0.6 is 34.8 Å². The lowest BCUT2D eigenvalue weighted by molar-refractivity contribution is -0.140. The Labute approximate surface area is 291 Å². The van der Waals surface area contributed by atoms with Crippen LogP contribution in [0.5, 0.6) is 5.75 Å². The number of hydrogen-bond donors (Lipinski definition) is 1. The van der Waals surface area contributed by atoms with Crippen LogP contribution in [0.3, 0.4) is 0 Å². The van der Waals surface area contributed by atoms with Crippen LogP contribution in [-0.2, 0) is 32.6 Å². The Kier molecular flexibility index (Phi) is 11.8. The highest BCUT2D eigenvalue weighted by atomic mass is 35.5. The van der Waals surface area contributed by atoms with Crippen molar-refractivity contribution in [3.8, 4) is 5.75 Å². The molecule has 47 heavy (non-hydrogen) atoms. The highest BCUT2D eigenvalue weighted by Crippen LogP contribution is 2.33. The van der Waals surface area contributed by atoms with Crippen LogP contribution in [0.4, 0.5) is 5.69 Å². The zero-order chi connectivity index (χ0) is 34.4. The maximum absolute atomic E-state index is 14.6. The van der Waals surface area contributed by atoms with E-state index in [2.05, 4.69) is 5.32 Å². The second-order valence-electron chi connectivity index (χ2n) is 11.8. The number of methoxy groups -OCH3 is 1. The smallest absolute Gasteiger partial charge is 0.264 e. The molecule has 4 aromatic carbocycles. The third-order valence-corrected chi connectivity index (χ3v) is 9.98. The van der Waals surface area contributed by atoms with Gasteiger partial charge in [-0.25, -0.2) is 8.42 Å². The molecule has 0 radical (unpaired) electrons. The largest absolute Gasteiger partial charge is 0.495 e. The average Bonchev–Trinajstić information content (AvgIpc) is 3.02. The SMILES string of the molecule is COc1ccc(N(CC(=O)N(Cc2c(Cl)cccc2Cl)C(Cc2ccccc2)C(=O)NC(C)(C)C)S(=O)(=O)c2ccccc2)cc1Cl. The summed E-state index contributed by atoms with van der Waals surface area (Å²) in [6.45, 7) is 4.67. The van der Waals surface area contributed by atoms with E-state index in [0.717, 1.165) is 9.87 Å². The number of hydrogen-bond acceptors (Lipinski definition) is 5. The Balaban J connectivity index is 1.87. The number of nitrogens with one attached hydrogen (secondary N) is 1. The summed E-state index contributed by atoms with van der Waals surface area (Å²) in [6.07, 6.45) is 0.135. The molecule has 1 atom stereocenters. The van der Waals surface area contributed by atoms with Crippen LogP contribution in [0, 0.1) is 0 Å². The molecule has 1 unspecified atom stereocenters. The Morgan fingerprint density at radius 2 is 1.43 bits per heavy atom. The van der Waals surface area contributed by atoms with E-state index in [-0.39, 0.29) is 28.6 Å². The van der Waals surface area contributed by atoms with Crippen LogP contribution in [0.2, 0.25) is 15.1 Å². The standard InChI is InChI=1S/C35H36Cl3N3O5S/c1-35(2,3)39-34(43)31(20-24-12-7-5-8-13-24)40(22-27-28(36)16-11-17-29(27)37)33(42)23-41(25-18-19-32(46-4)30(38)21-25)47(44,45)26-14-9-6-10-15-26/h5-19,21,31H,20,22-23H2,1-4H3,(H,39,43). The molecule has 0 bridgehead atoms. The van der Waals surface area contributed by atoms with Crippen molar-refractivity contribution in [2.45, 2.75) is 50.2 Å². The first-order valence-electron chi connectivity index (χ1n) is 14.7. The summed E-state index contributed by atoms with van der Waals surface area (Å²) in [6, 6.07) is 25.3. The average molecular weight is 717 g/mol. The van der Waals surface area contributed by atoms with Gasteiger partial charge >= 0.3 is 0 Å². The number of carbonyl (C=O) groups is 2. The van der Waals surface area contributed by atoms with Gasteiger partial charge in [-0.3, -0.25) is 13.9 Å². The molecule has 248 valence electrons. The van der Waals surface area contributed by atoms with Gasteiger partial charge in [0.05, 0.1) is 22.7 Å².